The van der Waals surface area contributed by atoms with Crippen LogP contribution < -0.4 is 0 Å². The predicted octanol–water partition coefficient (Wildman–Crippen LogP) is 4.59. The van der Waals surface area contributed by atoms with E-state index in [1.807, 2.05) is 30.3 Å². The average Bonchev–Trinajstić information content (AvgIpc) is 2.96. The van der Waals surface area contributed by atoms with Crippen LogP contribution in [0.3, 0.4) is 0 Å². The molecule has 2 heterocycles. The lowest BCUT2D eigenvalue weighted by Gasteiger charge is -2.47. The van der Waals surface area contributed by atoms with Crippen LogP contribution in [-0.4, -0.2) is 49.2 Å². The van der Waals surface area contributed by atoms with Crippen LogP contribution in [0.1, 0.15) is 32.6 Å². The normalized spacial score (nSPS) is 26.7. The molecule has 2 aliphatic rings. The monoisotopic (exact) mass is 501 g/mol. The van der Waals surface area contributed by atoms with Crippen molar-refractivity contribution in [3.05, 3.63) is 118 Å². The molecule has 10 nitrogen and oxygen atoms in total. The molecule has 0 amide bonds. The Bertz CT molecular complexity index is 1270. The third-order valence-electron chi connectivity index (χ3n) is 6.05. The lowest BCUT2D eigenvalue weighted by atomic mass is 9.95. The summed E-state index contributed by atoms with van der Waals surface area (Å²) in [7, 11) is 0. The van der Waals surface area contributed by atoms with E-state index < -0.39 is 48.9 Å². The van der Waals surface area contributed by atoms with Crippen molar-refractivity contribution in [1.82, 2.24) is 0 Å². The van der Waals surface area contributed by atoms with E-state index >= 15 is 0 Å². The first-order chi connectivity index (χ1) is 18.1. The molecule has 2 saturated heterocycles. The number of nitrogens with zero attached hydrogens (tertiary/aromatic N) is 3. The summed E-state index contributed by atoms with van der Waals surface area (Å²) in [5.41, 5.74) is 10.7. The van der Waals surface area contributed by atoms with Crippen molar-refractivity contribution < 1.29 is 33.3 Å². The Balaban J connectivity index is 1.45. The summed E-state index contributed by atoms with van der Waals surface area (Å²) in [6, 6.07) is 24.7. The highest BCUT2D eigenvalue weighted by Gasteiger charge is 2.53. The molecule has 2 fully saturated rings. The second-order valence-corrected chi connectivity index (χ2v) is 8.42. The average molecular weight is 501 g/mol. The maximum absolute atomic E-state index is 13.0. The van der Waals surface area contributed by atoms with Crippen LogP contribution in [-0.2, 0) is 23.7 Å². The Hall–Kier alpha value is -4.21. The molecule has 1 unspecified atom stereocenters. The van der Waals surface area contributed by atoms with Crippen LogP contribution in [0.2, 0.25) is 0 Å². The summed E-state index contributed by atoms with van der Waals surface area (Å²) in [5, 5.41) is 3.81. The molecule has 0 spiro atoms. The largest absolute Gasteiger partial charge is 0.455 e. The fourth-order valence-corrected chi connectivity index (χ4v) is 4.27. The van der Waals surface area contributed by atoms with E-state index in [1.165, 1.54) is 0 Å². The Morgan fingerprint density at radius 1 is 0.811 bits per heavy atom. The lowest BCUT2D eigenvalue weighted by molar-refractivity contribution is -0.334. The summed E-state index contributed by atoms with van der Waals surface area (Å²) in [6.45, 7) is 0.0615. The molecule has 0 N–H and O–H groups in total. The lowest BCUT2D eigenvalue weighted by Crippen LogP contribution is -2.63. The highest BCUT2D eigenvalue weighted by Crippen LogP contribution is 2.37. The molecular weight excluding hydrogens is 478 g/mol. The Kier molecular flexibility index (Phi) is 7.43. The molecule has 37 heavy (non-hydrogen) atoms. The van der Waals surface area contributed by atoms with Gasteiger partial charge in [-0.05, 0) is 29.8 Å². The van der Waals surface area contributed by atoms with Crippen molar-refractivity contribution >= 4 is 11.9 Å². The molecule has 3 aromatic rings. The zero-order chi connectivity index (χ0) is 25.6. The van der Waals surface area contributed by atoms with Gasteiger partial charge in [-0.1, -0.05) is 71.8 Å². The van der Waals surface area contributed by atoms with E-state index in [-0.39, 0.29) is 12.2 Å². The summed E-state index contributed by atoms with van der Waals surface area (Å²) in [5.74, 6) is -1.33. The summed E-state index contributed by atoms with van der Waals surface area (Å²) < 4.78 is 29.5. The van der Waals surface area contributed by atoms with Crippen molar-refractivity contribution in [2.45, 2.75) is 36.9 Å². The number of carbonyl (C=O) groups is 2. The fraction of sp³-hybridized carbons (Fsp3) is 0.259. The molecule has 5 rings (SSSR count). The number of azide groups is 1. The Morgan fingerprint density at radius 2 is 1.38 bits per heavy atom. The highest BCUT2D eigenvalue weighted by molar-refractivity contribution is 5.90. The predicted molar refractivity (Wildman–Crippen MR) is 129 cm³/mol. The third-order valence-corrected chi connectivity index (χ3v) is 6.05. The van der Waals surface area contributed by atoms with Gasteiger partial charge in [-0.25, -0.2) is 9.59 Å². The number of hydrogen-bond donors (Lipinski definition) is 0. The molecule has 0 aromatic heterocycles. The van der Waals surface area contributed by atoms with Gasteiger partial charge in [0.1, 0.15) is 24.4 Å². The van der Waals surface area contributed by atoms with Gasteiger partial charge in [0.25, 0.3) is 0 Å². The van der Waals surface area contributed by atoms with Gasteiger partial charge in [0.15, 0.2) is 6.29 Å². The molecule has 0 bridgehead atoms. The van der Waals surface area contributed by atoms with E-state index in [2.05, 4.69) is 10.0 Å². The number of benzene rings is 3. The summed E-state index contributed by atoms with van der Waals surface area (Å²) in [4.78, 5) is 28.8. The smallest absolute Gasteiger partial charge is 0.340 e. The SMILES string of the molecule is [N-]=[N+]=N[C@H]1[C@H](OC(=O)c2ccccc2)O[C@@H]2COC(c3ccccc3)O[C@H]2[C@@H]1OC(=O)c1ccccc1. The first kappa shape index (κ1) is 24.5. The standard InChI is InChI=1S/C27H23N3O7/c28-30-29-21-23(35-24(31)17-10-4-1-5-11-17)22-20(16-33-26(36-22)19-14-8-3-9-15-19)34-27(21)37-25(32)18-12-6-2-7-13-18/h1-15,20-23,26-27H,16H2/t20-,21-,22-,23-,26?,27+/m1/s1. The molecule has 0 radical (unpaired) electrons. The zero-order valence-electron chi connectivity index (χ0n) is 19.5. The molecule has 0 aliphatic carbocycles. The number of fused-ring (bicyclic) bond motifs is 1. The molecular formula is C27H23N3O7. The zero-order valence-corrected chi connectivity index (χ0v) is 19.5. The van der Waals surface area contributed by atoms with Crippen molar-refractivity contribution in [3.63, 3.8) is 0 Å². The Labute approximate surface area is 212 Å². The van der Waals surface area contributed by atoms with Crippen molar-refractivity contribution in [3.8, 4) is 0 Å². The molecule has 188 valence electrons. The fourth-order valence-electron chi connectivity index (χ4n) is 4.27. The molecule has 2 aliphatic heterocycles. The van der Waals surface area contributed by atoms with Gasteiger partial charge in [-0.15, -0.1) is 0 Å². The molecule has 6 atom stereocenters. The van der Waals surface area contributed by atoms with Gasteiger partial charge in [0.2, 0.25) is 6.29 Å². The van der Waals surface area contributed by atoms with Gasteiger partial charge in [-0.2, -0.15) is 0 Å². The van der Waals surface area contributed by atoms with Crippen molar-refractivity contribution in [2.24, 2.45) is 5.11 Å². The third kappa shape index (κ3) is 5.47. The molecule has 0 saturated carbocycles. The first-order valence-corrected chi connectivity index (χ1v) is 11.7. The second kappa shape index (κ2) is 11.2. The van der Waals surface area contributed by atoms with Crippen molar-refractivity contribution in [1.29, 1.82) is 0 Å². The number of hydrogen-bond acceptors (Lipinski definition) is 8. The minimum atomic E-state index is -1.35. The first-order valence-electron chi connectivity index (χ1n) is 11.7. The minimum Gasteiger partial charge on any atom is -0.455 e. The minimum absolute atomic E-state index is 0.0615. The quantitative estimate of drug-likeness (QED) is 0.209. The van der Waals surface area contributed by atoms with E-state index in [0.29, 0.717) is 5.56 Å². The van der Waals surface area contributed by atoms with Gasteiger partial charge < -0.3 is 23.7 Å². The van der Waals surface area contributed by atoms with Crippen LogP contribution in [0.25, 0.3) is 10.4 Å². The van der Waals surface area contributed by atoms with Crippen LogP contribution >= 0.6 is 0 Å². The number of esters is 2. The van der Waals surface area contributed by atoms with E-state index in [0.717, 1.165) is 5.56 Å². The van der Waals surface area contributed by atoms with Gasteiger partial charge in [0.05, 0.1) is 17.7 Å². The van der Waals surface area contributed by atoms with Crippen LogP contribution in [0.4, 0.5) is 0 Å². The number of carbonyl (C=O) groups excluding carboxylic acids is 2. The molecule has 3 aromatic carbocycles. The van der Waals surface area contributed by atoms with E-state index in [4.69, 9.17) is 23.7 Å². The molecule has 10 heteroatoms. The van der Waals surface area contributed by atoms with Crippen LogP contribution in [0, 0.1) is 0 Å². The number of ether oxygens (including phenoxy) is 5. The van der Waals surface area contributed by atoms with Crippen LogP contribution in [0.15, 0.2) is 96.1 Å². The van der Waals surface area contributed by atoms with Gasteiger partial charge in [0, 0.05) is 10.5 Å². The number of rotatable bonds is 6. The maximum Gasteiger partial charge on any atom is 0.340 e. The second-order valence-electron chi connectivity index (χ2n) is 8.42. The Morgan fingerprint density at radius 3 is 1.97 bits per heavy atom. The van der Waals surface area contributed by atoms with Gasteiger partial charge in [-0.3, -0.25) is 0 Å². The van der Waals surface area contributed by atoms with Gasteiger partial charge >= 0.3 is 11.9 Å². The summed E-state index contributed by atoms with van der Waals surface area (Å²) >= 11 is 0. The summed E-state index contributed by atoms with van der Waals surface area (Å²) in [6.07, 6.45) is -4.88. The maximum atomic E-state index is 13.0. The van der Waals surface area contributed by atoms with Crippen LogP contribution in [0.5, 0.6) is 0 Å². The van der Waals surface area contributed by atoms with E-state index in [1.54, 1.807) is 60.7 Å². The van der Waals surface area contributed by atoms with E-state index in [9.17, 15) is 15.1 Å². The topological polar surface area (TPSA) is 129 Å². The highest BCUT2D eigenvalue weighted by atomic mass is 16.8. The van der Waals surface area contributed by atoms with Crippen molar-refractivity contribution in [2.75, 3.05) is 6.61 Å².